The summed E-state index contributed by atoms with van der Waals surface area (Å²) in [6.45, 7) is 4.57. The Bertz CT molecular complexity index is 334. The fourth-order valence-corrected chi connectivity index (χ4v) is 4.17. The first kappa shape index (κ1) is 15.8. The third-order valence-electron chi connectivity index (χ3n) is 5.60. The van der Waals surface area contributed by atoms with Crippen LogP contribution in [0.25, 0.3) is 0 Å². The fraction of sp³-hybridized carbons (Fsp3) is 0.938. The van der Waals surface area contributed by atoms with Gasteiger partial charge in [0.25, 0.3) is 0 Å². The predicted molar refractivity (Wildman–Crippen MR) is 80.9 cm³/mol. The first-order valence-electron chi connectivity index (χ1n) is 8.26. The summed E-state index contributed by atoms with van der Waals surface area (Å²) in [5.41, 5.74) is -0.672. The summed E-state index contributed by atoms with van der Waals surface area (Å²) < 4.78 is 0. The van der Waals surface area contributed by atoms with Crippen molar-refractivity contribution in [2.45, 2.75) is 69.9 Å². The molecule has 1 saturated carbocycles. The van der Waals surface area contributed by atoms with Gasteiger partial charge in [-0.15, -0.1) is 0 Å². The van der Waals surface area contributed by atoms with Gasteiger partial charge in [-0.05, 0) is 65.1 Å². The third kappa shape index (κ3) is 3.17. The molecule has 3 atom stereocenters. The maximum Gasteiger partial charge on any atom is 0.324 e. The molecule has 20 heavy (non-hydrogen) atoms. The summed E-state index contributed by atoms with van der Waals surface area (Å²) >= 11 is 0. The zero-order chi connectivity index (χ0) is 14.6. The molecule has 0 radical (unpaired) electrons. The third-order valence-corrected chi connectivity index (χ3v) is 5.60. The van der Waals surface area contributed by atoms with Crippen LogP contribution in [-0.4, -0.2) is 47.7 Å². The van der Waals surface area contributed by atoms with Gasteiger partial charge < -0.3 is 15.3 Å². The summed E-state index contributed by atoms with van der Waals surface area (Å²) in [6.07, 6.45) is 9.15. The first-order chi connectivity index (χ1) is 9.60. The molecule has 116 valence electrons. The molecule has 1 saturated heterocycles. The molecule has 0 amide bonds. The summed E-state index contributed by atoms with van der Waals surface area (Å²) in [5, 5.41) is 12.7. The van der Waals surface area contributed by atoms with Gasteiger partial charge in [-0.1, -0.05) is 19.3 Å². The second-order valence-corrected chi connectivity index (χ2v) is 6.64. The van der Waals surface area contributed by atoms with Crippen molar-refractivity contribution in [1.82, 2.24) is 10.2 Å². The van der Waals surface area contributed by atoms with Gasteiger partial charge in [-0.3, -0.25) is 4.79 Å². The normalized spacial score (nSPS) is 35.9. The molecule has 2 rings (SSSR count). The van der Waals surface area contributed by atoms with Crippen LogP contribution in [-0.2, 0) is 4.79 Å². The number of hydrogen-bond acceptors (Lipinski definition) is 3. The van der Waals surface area contributed by atoms with Crippen LogP contribution < -0.4 is 5.32 Å². The SMILES string of the molecule is CNC1(C(=O)O)CCCC1CCN1CCCCCC1C. The lowest BCUT2D eigenvalue weighted by Gasteiger charge is -2.34. The molecule has 2 aliphatic rings. The van der Waals surface area contributed by atoms with E-state index in [1.54, 1.807) is 7.05 Å². The number of rotatable bonds is 5. The van der Waals surface area contributed by atoms with Crippen LogP contribution in [0.3, 0.4) is 0 Å². The lowest BCUT2D eigenvalue weighted by atomic mass is 9.84. The van der Waals surface area contributed by atoms with Crippen LogP contribution in [0.1, 0.15) is 58.3 Å². The Hall–Kier alpha value is -0.610. The number of carboxylic acids is 1. The topological polar surface area (TPSA) is 52.6 Å². The Kier molecular flexibility index (Phi) is 5.44. The van der Waals surface area contributed by atoms with E-state index in [1.165, 1.54) is 32.2 Å². The average Bonchev–Trinajstić information content (AvgIpc) is 2.75. The van der Waals surface area contributed by atoms with E-state index in [1.807, 2.05) is 0 Å². The van der Waals surface area contributed by atoms with Gasteiger partial charge in [0.05, 0.1) is 0 Å². The summed E-state index contributed by atoms with van der Waals surface area (Å²) in [7, 11) is 1.81. The maximum absolute atomic E-state index is 11.7. The number of aliphatic carboxylic acids is 1. The minimum atomic E-state index is -0.672. The summed E-state index contributed by atoms with van der Waals surface area (Å²) in [4.78, 5) is 14.2. The second kappa shape index (κ2) is 6.90. The number of carbonyl (C=O) groups is 1. The van der Waals surface area contributed by atoms with Gasteiger partial charge in [-0.25, -0.2) is 0 Å². The first-order valence-corrected chi connectivity index (χ1v) is 8.26. The summed E-state index contributed by atoms with van der Waals surface area (Å²) in [5.74, 6) is -0.383. The van der Waals surface area contributed by atoms with Crippen molar-refractivity contribution in [3.05, 3.63) is 0 Å². The highest BCUT2D eigenvalue weighted by Crippen LogP contribution is 2.38. The number of likely N-dealkylation sites (N-methyl/N-ethyl adjacent to an activating group) is 1. The van der Waals surface area contributed by atoms with Crippen molar-refractivity contribution in [2.24, 2.45) is 5.92 Å². The molecule has 0 aromatic carbocycles. The van der Waals surface area contributed by atoms with Gasteiger partial charge in [0.1, 0.15) is 5.54 Å². The van der Waals surface area contributed by atoms with Crippen molar-refractivity contribution in [1.29, 1.82) is 0 Å². The smallest absolute Gasteiger partial charge is 0.324 e. The molecule has 0 aromatic rings. The zero-order valence-electron chi connectivity index (χ0n) is 13.0. The average molecular weight is 282 g/mol. The van der Waals surface area contributed by atoms with E-state index in [0.29, 0.717) is 6.04 Å². The van der Waals surface area contributed by atoms with Crippen LogP contribution in [0.5, 0.6) is 0 Å². The van der Waals surface area contributed by atoms with Crippen LogP contribution in [0.2, 0.25) is 0 Å². The quantitative estimate of drug-likeness (QED) is 0.813. The van der Waals surface area contributed by atoms with E-state index in [-0.39, 0.29) is 5.92 Å². The fourth-order valence-electron chi connectivity index (χ4n) is 4.17. The van der Waals surface area contributed by atoms with E-state index < -0.39 is 11.5 Å². The van der Waals surface area contributed by atoms with Crippen molar-refractivity contribution < 1.29 is 9.90 Å². The maximum atomic E-state index is 11.7. The molecule has 1 aliphatic heterocycles. The van der Waals surface area contributed by atoms with E-state index in [4.69, 9.17) is 0 Å². The van der Waals surface area contributed by atoms with Crippen LogP contribution >= 0.6 is 0 Å². The minimum Gasteiger partial charge on any atom is -0.480 e. The standard InChI is InChI=1S/C16H30N2O2/c1-13-7-4-3-5-11-18(13)12-9-14-8-6-10-16(14,17-2)15(19)20/h13-14,17H,3-12H2,1-2H3,(H,19,20). The van der Waals surface area contributed by atoms with Crippen molar-refractivity contribution in [3.8, 4) is 0 Å². The predicted octanol–water partition coefficient (Wildman–Crippen LogP) is 2.48. The molecule has 3 unspecified atom stereocenters. The highest BCUT2D eigenvalue weighted by atomic mass is 16.4. The van der Waals surface area contributed by atoms with Gasteiger partial charge in [-0.2, -0.15) is 0 Å². The summed E-state index contributed by atoms with van der Waals surface area (Å²) in [6, 6.07) is 0.660. The highest BCUT2D eigenvalue weighted by molar-refractivity contribution is 5.79. The van der Waals surface area contributed by atoms with E-state index in [2.05, 4.69) is 17.1 Å². The lowest BCUT2D eigenvalue weighted by molar-refractivity contribution is -0.146. The zero-order valence-corrected chi connectivity index (χ0v) is 13.0. The molecule has 0 aromatic heterocycles. The Morgan fingerprint density at radius 1 is 1.30 bits per heavy atom. The Morgan fingerprint density at radius 3 is 2.80 bits per heavy atom. The number of nitrogens with one attached hydrogen (secondary N) is 1. The van der Waals surface area contributed by atoms with E-state index in [0.717, 1.165) is 32.2 Å². The number of likely N-dealkylation sites (tertiary alicyclic amines) is 1. The molecule has 1 heterocycles. The molecule has 4 nitrogen and oxygen atoms in total. The number of carboxylic acid groups (broad SMARTS) is 1. The number of nitrogens with zero attached hydrogens (tertiary/aromatic N) is 1. The monoisotopic (exact) mass is 282 g/mol. The molecule has 4 heteroatoms. The van der Waals surface area contributed by atoms with Crippen LogP contribution in [0.4, 0.5) is 0 Å². The second-order valence-electron chi connectivity index (χ2n) is 6.64. The molecule has 1 aliphatic carbocycles. The number of hydrogen-bond donors (Lipinski definition) is 2. The van der Waals surface area contributed by atoms with Gasteiger partial charge in [0.2, 0.25) is 0 Å². The highest BCUT2D eigenvalue weighted by Gasteiger charge is 2.47. The molecular formula is C16H30N2O2. The van der Waals surface area contributed by atoms with Gasteiger partial charge in [0, 0.05) is 6.04 Å². The van der Waals surface area contributed by atoms with Crippen LogP contribution in [0, 0.1) is 5.92 Å². The Balaban J connectivity index is 1.93. The Labute approximate surface area is 122 Å². The molecule has 2 fully saturated rings. The minimum absolute atomic E-state index is 0.278. The van der Waals surface area contributed by atoms with Crippen LogP contribution in [0.15, 0.2) is 0 Å². The Morgan fingerprint density at radius 2 is 2.10 bits per heavy atom. The van der Waals surface area contributed by atoms with E-state index in [9.17, 15) is 9.90 Å². The van der Waals surface area contributed by atoms with Gasteiger partial charge in [0.15, 0.2) is 0 Å². The molecule has 0 bridgehead atoms. The van der Waals surface area contributed by atoms with Gasteiger partial charge >= 0.3 is 5.97 Å². The largest absolute Gasteiger partial charge is 0.480 e. The lowest BCUT2D eigenvalue weighted by Crippen LogP contribution is -2.53. The molecule has 2 N–H and O–H groups in total. The van der Waals surface area contributed by atoms with Crippen molar-refractivity contribution >= 4 is 5.97 Å². The van der Waals surface area contributed by atoms with Crippen molar-refractivity contribution in [3.63, 3.8) is 0 Å². The molecular weight excluding hydrogens is 252 g/mol. The molecule has 0 spiro atoms. The van der Waals surface area contributed by atoms with E-state index >= 15 is 0 Å². The van der Waals surface area contributed by atoms with Crippen molar-refractivity contribution in [2.75, 3.05) is 20.1 Å².